The topological polar surface area (TPSA) is 78.9 Å². The number of rotatable bonds is 9. The summed E-state index contributed by atoms with van der Waals surface area (Å²) in [5, 5.41) is 0. The summed E-state index contributed by atoms with van der Waals surface area (Å²) in [5.41, 5.74) is -0.608. The van der Waals surface area contributed by atoms with Crippen LogP contribution in [0.4, 0.5) is 0 Å². The summed E-state index contributed by atoms with van der Waals surface area (Å²) in [5.74, 6) is -0.958. The van der Waals surface area contributed by atoms with Gasteiger partial charge in [-0.05, 0) is 76.4 Å². The third-order valence-corrected chi connectivity index (χ3v) is 4.99. The highest BCUT2D eigenvalue weighted by Crippen LogP contribution is 2.37. The van der Waals surface area contributed by atoms with Gasteiger partial charge in [0.1, 0.15) is 16.8 Å². The van der Waals surface area contributed by atoms with Crippen LogP contribution in [0.5, 0.6) is 0 Å². The van der Waals surface area contributed by atoms with E-state index in [-0.39, 0.29) is 37.2 Å². The SMILES string of the molecule is CCC(=O)OC(C)(C)c1cc(C(C)(C)OC(=O)CC)cc(C(C)(C)OC(=O)CC)c1. The van der Waals surface area contributed by atoms with Gasteiger partial charge in [0.2, 0.25) is 0 Å². The molecular weight excluding hydrogens is 384 g/mol. The number of carbonyl (C=O) groups is 3. The molecule has 1 aromatic rings. The van der Waals surface area contributed by atoms with Crippen LogP contribution in [0.2, 0.25) is 0 Å². The predicted octanol–water partition coefficient (Wildman–Crippen LogP) is 5.25. The van der Waals surface area contributed by atoms with E-state index in [4.69, 9.17) is 14.2 Å². The molecule has 0 bridgehead atoms. The summed E-state index contributed by atoms with van der Waals surface area (Å²) in [4.78, 5) is 35.9. The van der Waals surface area contributed by atoms with Gasteiger partial charge in [-0.15, -0.1) is 0 Å². The van der Waals surface area contributed by atoms with Gasteiger partial charge in [0, 0.05) is 19.3 Å². The third-order valence-electron chi connectivity index (χ3n) is 4.99. The van der Waals surface area contributed by atoms with E-state index in [0.717, 1.165) is 16.7 Å². The number of esters is 3. The Hall–Kier alpha value is -2.37. The number of hydrogen-bond acceptors (Lipinski definition) is 6. The van der Waals surface area contributed by atoms with Crippen LogP contribution in [0.25, 0.3) is 0 Å². The molecule has 0 heterocycles. The maximum atomic E-state index is 12.0. The zero-order valence-corrected chi connectivity index (χ0v) is 19.8. The van der Waals surface area contributed by atoms with Crippen molar-refractivity contribution in [3.05, 3.63) is 34.9 Å². The van der Waals surface area contributed by atoms with Gasteiger partial charge in [0.25, 0.3) is 0 Å². The highest BCUT2D eigenvalue weighted by molar-refractivity contribution is 5.71. The van der Waals surface area contributed by atoms with Crippen molar-refractivity contribution in [2.24, 2.45) is 0 Å². The molecule has 6 nitrogen and oxygen atoms in total. The van der Waals surface area contributed by atoms with Crippen LogP contribution in [0, 0.1) is 0 Å². The molecule has 1 aromatic carbocycles. The Bertz CT molecular complexity index is 672. The van der Waals surface area contributed by atoms with Crippen molar-refractivity contribution in [1.82, 2.24) is 0 Å². The second-order valence-electron chi connectivity index (χ2n) is 8.81. The average molecular weight is 421 g/mol. The van der Waals surface area contributed by atoms with Crippen LogP contribution in [0.3, 0.4) is 0 Å². The monoisotopic (exact) mass is 420 g/mol. The molecule has 0 atom stereocenters. The first-order valence-electron chi connectivity index (χ1n) is 10.5. The zero-order valence-electron chi connectivity index (χ0n) is 19.8. The number of ether oxygens (including phenoxy) is 3. The summed E-state index contributed by atoms with van der Waals surface area (Å²) < 4.78 is 17.0. The minimum Gasteiger partial charge on any atom is -0.455 e. The summed E-state index contributed by atoms with van der Waals surface area (Å²) in [6, 6.07) is 5.60. The molecule has 0 aliphatic heterocycles. The zero-order chi connectivity index (χ0) is 23.3. The van der Waals surface area contributed by atoms with Crippen LogP contribution < -0.4 is 0 Å². The van der Waals surface area contributed by atoms with Crippen LogP contribution >= 0.6 is 0 Å². The molecule has 0 N–H and O–H groups in total. The molecule has 30 heavy (non-hydrogen) atoms. The van der Waals surface area contributed by atoms with E-state index in [0.29, 0.717) is 0 Å². The van der Waals surface area contributed by atoms with Crippen molar-refractivity contribution in [3.8, 4) is 0 Å². The fraction of sp³-hybridized carbons (Fsp3) is 0.625. The van der Waals surface area contributed by atoms with Crippen molar-refractivity contribution in [2.45, 2.75) is 98.4 Å². The summed E-state index contributed by atoms with van der Waals surface area (Å²) >= 11 is 0. The second kappa shape index (κ2) is 9.63. The highest BCUT2D eigenvalue weighted by Gasteiger charge is 2.34. The molecule has 0 saturated heterocycles. The summed E-state index contributed by atoms with van der Waals surface area (Å²) in [6.07, 6.45) is 0.777. The molecule has 0 unspecified atom stereocenters. The maximum Gasteiger partial charge on any atom is 0.306 e. The average Bonchev–Trinajstić information content (AvgIpc) is 2.66. The normalized spacial score (nSPS) is 12.3. The molecule has 168 valence electrons. The first-order valence-corrected chi connectivity index (χ1v) is 10.5. The van der Waals surface area contributed by atoms with Crippen LogP contribution in [0.15, 0.2) is 18.2 Å². The van der Waals surface area contributed by atoms with E-state index in [1.165, 1.54) is 0 Å². The third kappa shape index (κ3) is 6.57. The van der Waals surface area contributed by atoms with Gasteiger partial charge in [-0.25, -0.2) is 0 Å². The van der Waals surface area contributed by atoms with Crippen molar-refractivity contribution in [1.29, 1.82) is 0 Å². The first-order chi connectivity index (χ1) is 13.7. The lowest BCUT2D eigenvalue weighted by Gasteiger charge is -2.33. The smallest absolute Gasteiger partial charge is 0.306 e. The number of carbonyl (C=O) groups excluding carboxylic acids is 3. The Labute approximate surface area is 180 Å². The Morgan fingerprint density at radius 3 is 0.933 bits per heavy atom. The van der Waals surface area contributed by atoms with Gasteiger partial charge in [0.15, 0.2) is 0 Å². The minimum atomic E-state index is -0.923. The molecule has 0 fully saturated rings. The van der Waals surface area contributed by atoms with Crippen molar-refractivity contribution >= 4 is 17.9 Å². The lowest BCUT2D eigenvalue weighted by molar-refractivity contribution is -0.157. The molecule has 6 heteroatoms. The van der Waals surface area contributed by atoms with Gasteiger partial charge >= 0.3 is 17.9 Å². The van der Waals surface area contributed by atoms with Crippen molar-refractivity contribution in [2.75, 3.05) is 0 Å². The van der Waals surface area contributed by atoms with E-state index in [2.05, 4.69) is 0 Å². The largest absolute Gasteiger partial charge is 0.455 e. The summed E-state index contributed by atoms with van der Waals surface area (Å²) in [7, 11) is 0. The van der Waals surface area contributed by atoms with E-state index < -0.39 is 16.8 Å². The predicted molar refractivity (Wildman–Crippen MR) is 115 cm³/mol. The fourth-order valence-corrected chi connectivity index (χ4v) is 2.92. The lowest BCUT2D eigenvalue weighted by atomic mass is 9.84. The van der Waals surface area contributed by atoms with E-state index >= 15 is 0 Å². The van der Waals surface area contributed by atoms with Gasteiger partial charge < -0.3 is 14.2 Å². The molecule has 0 amide bonds. The summed E-state index contributed by atoms with van der Waals surface area (Å²) in [6.45, 7) is 16.0. The first kappa shape index (κ1) is 25.7. The number of hydrogen-bond donors (Lipinski definition) is 0. The van der Waals surface area contributed by atoms with E-state index in [1.54, 1.807) is 62.3 Å². The second-order valence-corrected chi connectivity index (χ2v) is 8.81. The number of benzene rings is 1. The molecule has 0 aromatic heterocycles. The quantitative estimate of drug-likeness (QED) is 0.401. The van der Waals surface area contributed by atoms with Gasteiger partial charge in [-0.1, -0.05) is 20.8 Å². The highest BCUT2D eigenvalue weighted by atomic mass is 16.6. The van der Waals surface area contributed by atoms with Crippen molar-refractivity contribution < 1.29 is 28.6 Å². The van der Waals surface area contributed by atoms with E-state index in [9.17, 15) is 14.4 Å². The molecule has 0 saturated carbocycles. The fourth-order valence-electron chi connectivity index (χ4n) is 2.92. The van der Waals surface area contributed by atoms with Gasteiger partial charge in [-0.2, -0.15) is 0 Å². The van der Waals surface area contributed by atoms with Crippen LogP contribution in [0.1, 0.15) is 98.3 Å². The molecular formula is C24H36O6. The minimum absolute atomic E-state index is 0.259. The Morgan fingerprint density at radius 1 is 0.567 bits per heavy atom. The molecule has 0 aliphatic rings. The van der Waals surface area contributed by atoms with Gasteiger partial charge in [0.05, 0.1) is 0 Å². The Balaban J connectivity index is 3.60. The van der Waals surface area contributed by atoms with E-state index in [1.807, 2.05) is 18.2 Å². The Morgan fingerprint density at radius 2 is 0.767 bits per heavy atom. The van der Waals surface area contributed by atoms with Gasteiger partial charge in [-0.3, -0.25) is 14.4 Å². The molecule has 0 aliphatic carbocycles. The molecule has 0 radical (unpaired) electrons. The van der Waals surface area contributed by atoms with Crippen LogP contribution in [-0.4, -0.2) is 17.9 Å². The lowest BCUT2D eigenvalue weighted by Crippen LogP contribution is -2.31. The van der Waals surface area contributed by atoms with Crippen molar-refractivity contribution in [3.63, 3.8) is 0 Å². The Kier molecular flexibility index (Phi) is 8.24. The molecule has 0 spiro atoms. The molecule has 1 rings (SSSR count). The standard InChI is InChI=1S/C24H36O6/c1-10-19(25)28-22(4,5)16-13-17(23(6,7)29-20(26)11-2)15-18(14-16)24(8,9)30-21(27)12-3/h13-15H,10-12H2,1-9H3. The van der Waals surface area contributed by atoms with Crippen LogP contribution in [-0.2, 0) is 45.4 Å². The maximum absolute atomic E-state index is 12.0.